The van der Waals surface area contributed by atoms with E-state index in [1.165, 1.54) is 29.7 Å². The Labute approximate surface area is 103 Å². The van der Waals surface area contributed by atoms with Crippen molar-refractivity contribution in [3.05, 3.63) is 28.0 Å². The molecular weight excluding hydrogens is 218 g/mol. The summed E-state index contributed by atoms with van der Waals surface area (Å²) in [5.74, 6) is 1.74. The predicted molar refractivity (Wildman–Crippen MR) is 69.4 cm³/mol. The summed E-state index contributed by atoms with van der Waals surface area (Å²) in [5.41, 5.74) is 4.10. The van der Waals surface area contributed by atoms with Crippen LogP contribution < -0.4 is 0 Å². The van der Waals surface area contributed by atoms with Gasteiger partial charge >= 0.3 is 0 Å². The van der Waals surface area contributed by atoms with E-state index in [0.717, 1.165) is 5.92 Å². The van der Waals surface area contributed by atoms with Gasteiger partial charge in [-0.05, 0) is 47.8 Å². The van der Waals surface area contributed by atoms with Crippen molar-refractivity contribution >= 4 is 11.6 Å². The normalized spacial score (nSPS) is 16.2. The van der Waals surface area contributed by atoms with Gasteiger partial charge in [0, 0.05) is 5.69 Å². The zero-order chi connectivity index (χ0) is 11.9. The summed E-state index contributed by atoms with van der Waals surface area (Å²) in [6.45, 7) is 8.90. The van der Waals surface area contributed by atoms with Crippen molar-refractivity contribution in [1.82, 2.24) is 4.98 Å². The number of hydrogen-bond acceptors (Lipinski definition) is 1. The molecule has 1 aliphatic rings. The number of hydrogen-bond donors (Lipinski definition) is 0. The van der Waals surface area contributed by atoms with Gasteiger partial charge in [0.25, 0.3) is 0 Å². The minimum atomic E-state index is 0.452. The molecule has 0 atom stereocenters. The number of aromatic nitrogens is 1. The first-order chi connectivity index (χ1) is 7.50. The van der Waals surface area contributed by atoms with Crippen molar-refractivity contribution in [2.45, 2.75) is 58.3 Å². The lowest BCUT2D eigenvalue weighted by Gasteiger charge is -2.19. The number of pyridine rings is 1. The highest BCUT2D eigenvalue weighted by Crippen LogP contribution is 2.45. The van der Waals surface area contributed by atoms with Crippen molar-refractivity contribution in [1.29, 1.82) is 0 Å². The lowest BCUT2D eigenvalue weighted by atomic mass is 9.89. The molecule has 2 rings (SSSR count). The Hall–Kier alpha value is -0.560. The van der Waals surface area contributed by atoms with Gasteiger partial charge in [-0.25, -0.2) is 4.98 Å². The van der Waals surface area contributed by atoms with Crippen molar-refractivity contribution in [3.8, 4) is 0 Å². The quantitative estimate of drug-likeness (QED) is 0.685. The van der Waals surface area contributed by atoms with Crippen molar-refractivity contribution < 1.29 is 0 Å². The number of nitrogens with zero attached hydrogens (tertiary/aromatic N) is 1. The average molecular weight is 238 g/mol. The van der Waals surface area contributed by atoms with Gasteiger partial charge in [0.2, 0.25) is 0 Å². The Balaban J connectivity index is 2.57. The predicted octanol–water partition coefficient (Wildman–Crippen LogP) is 4.86. The fourth-order valence-electron chi connectivity index (χ4n) is 2.36. The van der Waals surface area contributed by atoms with Crippen LogP contribution in [-0.2, 0) is 0 Å². The second kappa shape index (κ2) is 4.37. The topological polar surface area (TPSA) is 12.9 Å². The molecule has 1 aromatic rings. The third-order valence-electron chi connectivity index (χ3n) is 3.23. The van der Waals surface area contributed by atoms with Gasteiger partial charge in [-0.15, -0.1) is 0 Å². The number of halogens is 1. The monoisotopic (exact) mass is 237 g/mol. The molecule has 88 valence electrons. The lowest BCUT2D eigenvalue weighted by Crippen LogP contribution is -2.06. The zero-order valence-electron chi connectivity index (χ0n) is 10.5. The molecule has 0 amide bonds. The zero-order valence-corrected chi connectivity index (χ0v) is 11.3. The minimum Gasteiger partial charge on any atom is -0.241 e. The van der Waals surface area contributed by atoms with Gasteiger partial charge in [-0.2, -0.15) is 0 Å². The smallest absolute Gasteiger partial charge is 0.129 e. The third kappa shape index (κ3) is 2.24. The molecule has 0 saturated heterocycles. The molecule has 0 aliphatic heterocycles. The van der Waals surface area contributed by atoms with Gasteiger partial charge in [0.15, 0.2) is 0 Å². The summed E-state index contributed by atoms with van der Waals surface area (Å²) in [7, 11) is 0. The van der Waals surface area contributed by atoms with Crippen LogP contribution in [0.15, 0.2) is 6.07 Å². The molecule has 0 spiro atoms. The molecule has 1 aliphatic carbocycles. The Morgan fingerprint density at radius 3 is 2.25 bits per heavy atom. The second-order valence-corrected chi connectivity index (χ2v) is 5.80. The molecule has 0 unspecified atom stereocenters. The summed E-state index contributed by atoms with van der Waals surface area (Å²) >= 11 is 6.13. The summed E-state index contributed by atoms with van der Waals surface area (Å²) in [4.78, 5) is 4.53. The van der Waals surface area contributed by atoms with Gasteiger partial charge in [-0.1, -0.05) is 39.3 Å². The van der Waals surface area contributed by atoms with Crippen molar-refractivity contribution in [2.24, 2.45) is 0 Å². The lowest BCUT2D eigenvalue weighted by molar-refractivity contribution is 0.743. The van der Waals surface area contributed by atoms with E-state index in [1.54, 1.807) is 0 Å². The van der Waals surface area contributed by atoms with Crippen LogP contribution in [0.1, 0.15) is 75.1 Å². The molecule has 2 heteroatoms. The molecule has 1 nitrogen and oxygen atoms in total. The molecular formula is C14H20ClN. The summed E-state index contributed by atoms with van der Waals surface area (Å²) < 4.78 is 0. The van der Waals surface area contributed by atoms with E-state index in [4.69, 9.17) is 11.6 Å². The van der Waals surface area contributed by atoms with Crippen molar-refractivity contribution in [2.75, 3.05) is 0 Å². The fraction of sp³-hybridized carbons (Fsp3) is 0.643. The summed E-state index contributed by atoms with van der Waals surface area (Å²) in [5, 5.41) is 0.662. The van der Waals surface area contributed by atoms with Gasteiger partial charge in [-0.3, -0.25) is 0 Å². The highest BCUT2D eigenvalue weighted by molar-refractivity contribution is 6.29. The van der Waals surface area contributed by atoms with Crippen LogP contribution in [0.3, 0.4) is 0 Å². The average Bonchev–Trinajstić information content (AvgIpc) is 2.98. The molecule has 0 N–H and O–H groups in total. The molecule has 1 fully saturated rings. The van der Waals surface area contributed by atoms with E-state index in [1.807, 2.05) is 0 Å². The highest BCUT2D eigenvalue weighted by Gasteiger charge is 2.29. The third-order valence-corrected chi connectivity index (χ3v) is 3.42. The second-order valence-electron chi connectivity index (χ2n) is 5.42. The largest absolute Gasteiger partial charge is 0.241 e. The standard InChI is InChI=1S/C14H20ClN/c1-8(2)13-11(10-5-6-10)7-12(15)16-14(13)9(3)4/h7-10H,5-6H2,1-4H3. The maximum absolute atomic E-state index is 6.13. The minimum absolute atomic E-state index is 0.452. The van der Waals surface area contributed by atoms with Crippen LogP contribution in [-0.4, -0.2) is 4.98 Å². The van der Waals surface area contributed by atoms with Crippen LogP contribution in [0.25, 0.3) is 0 Å². The Morgan fingerprint density at radius 2 is 1.81 bits per heavy atom. The van der Waals surface area contributed by atoms with Gasteiger partial charge < -0.3 is 0 Å². The molecule has 1 aromatic heterocycles. The molecule has 0 radical (unpaired) electrons. The first-order valence-electron chi connectivity index (χ1n) is 6.21. The van der Waals surface area contributed by atoms with Crippen LogP contribution in [0.2, 0.25) is 5.15 Å². The SMILES string of the molecule is CC(C)c1nc(Cl)cc(C2CC2)c1C(C)C. The van der Waals surface area contributed by atoms with Gasteiger partial charge in [0.05, 0.1) is 0 Å². The molecule has 1 saturated carbocycles. The van der Waals surface area contributed by atoms with E-state index in [-0.39, 0.29) is 0 Å². The van der Waals surface area contributed by atoms with Crippen LogP contribution in [0.5, 0.6) is 0 Å². The van der Waals surface area contributed by atoms with Crippen molar-refractivity contribution in [3.63, 3.8) is 0 Å². The number of rotatable bonds is 3. The molecule has 0 bridgehead atoms. The first kappa shape index (κ1) is 11.9. The van der Waals surface area contributed by atoms with E-state index in [2.05, 4.69) is 38.7 Å². The highest BCUT2D eigenvalue weighted by atomic mass is 35.5. The van der Waals surface area contributed by atoms with E-state index in [9.17, 15) is 0 Å². The summed E-state index contributed by atoms with van der Waals surface area (Å²) in [6, 6.07) is 2.08. The molecule has 1 heterocycles. The van der Waals surface area contributed by atoms with Crippen LogP contribution in [0, 0.1) is 0 Å². The van der Waals surface area contributed by atoms with E-state index >= 15 is 0 Å². The van der Waals surface area contributed by atoms with Crippen LogP contribution in [0.4, 0.5) is 0 Å². The molecule has 16 heavy (non-hydrogen) atoms. The fourth-order valence-corrected chi connectivity index (χ4v) is 2.57. The van der Waals surface area contributed by atoms with E-state index < -0.39 is 0 Å². The van der Waals surface area contributed by atoms with Crippen LogP contribution >= 0.6 is 11.6 Å². The first-order valence-corrected chi connectivity index (χ1v) is 6.58. The summed E-state index contributed by atoms with van der Waals surface area (Å²) in [6.07, 6.45) is 2.63. The van der Waals surface area contributed by atoms with E-state index in [0.29, 0.717) is 17.0 Å². The maximum atomic E-state index is 6.13. The Morgan fingerprint density at radius 1 is 1.19 bits per heavy atom. The van der Waals surface area contributed by atoms with Gasteiger partial charge in [0.1, 0.15) is 5.15 Å². The Bertz CT molecular complexity index is 369. The Kier molecular flexibility index (Phi) is 3.25. The maximum Gasteiger partial charge on any atom is 0.129 e. The molecule has 0 aromatic carbocycles.